The van der Waals surface area contributed by atoms with Gasteiger partial charge in [0.15, 0.2) is 5.15 Å². The molecule has 72 valence electrons. The number of aromatic nitrogens is 2. The second-order valence-electron chi connectivity index (χ2n) is 3.40. The van der Waals surface area contributed by atoms with Gasteiger partial charge in [-0.2, -0.15) is 0 Å². The summed E-state index contributed by atoms with van der Waals surface area (Å²) in [6, 6.07) is 0. The van der Waals surface area contributed by atoms with E-state index in [0.717, 1.165) is 31.0 Å². The van der Waals surface area contributed by atoms with E-state index in [1.165, 1.54) is 12.8 Å². The van der Waals surface area contributed by atoms with Crippen LogP contribution in [0.25, 0.3) is 0 Å². The minimum atomic E-state index is 0.672. The molecule has 0 bridgehead atoms. The first-order valence-corrected chi connectivity index (χ1v) is 5.09. The molecule has 4 heteroatoms. The zero-order valence-electron chi connectivity index (χ0n) is 7.81. The van der Waals surface area contributed by atoms with E-state index >= 15 is 0 Å². The van der Waals surface area contributed by atoms with E-state index in [0.29, 0.717) is 5.15 Å². The normalized spacial score (nSPS) is 15.8. The number of hydrogen-bond donors (Lipinski definition) is 1. The third kappa shape index (κ3) is 1.58. The van der Waals surface area contributed by atoms with E-state index in [2.05, 4.69) is 14.9 Å². The summed E-state index contributed by atoms with van der Waals surface area (Å²) in [5.74, 6) is 1.15. The fraction of sp³-hybridized carbons (Fsp3) is 0.667. The Morgan fingerprint density at radius 2 is 2.38 bits per heavy atom. The standard InChI is InChI=1S/C9H14ClN3/c1-11-6-7-9(10)12-8-4-2-3-5-13(7)8/h11H,2-6H2,1H3. The number of nitrogens with zero attached hydrogens (tertiary/aromatic N) is 2. The maximum Gasteiger partial charge on any atom is 0.151 e. The van der Waals surface area contributed by atoms with Gasteiger partial charge in [0.05, 0.1) is 5.69 Å². The molecule has 3 nitrogen and oxygen atoms in total. The van der Waals surface area contributed by atoms with Crippen molar-refractivity contribution in [1.29, 1.82) is 0 Å². The quantitative estimate of drug-likeness (QED) is 0.784. The molecule has 0 spiro atoms. The number of aryl methyl sites for hydroxylation is 1. The van der Waals surface area contributed by atoms with Crippen LogP contribution in [-0.2, 0) is 19.5 Å². The maximum absolute atomic E-state index is 6.04. The Balaban J connectivity index is 2.36. The largest absolute Gasteiger partial charge is 0.330 e. The lowest BCUT2D eigenvalue weighted by Gasteiger charge is -2.15. The second-order valence-corrected chi connectivity index (χ2v) is 3.76. The highest BCUT2D eigenvalue weighted by molar-refractivity contribution is 6.30. The molecule has 1 aromatic heterocycles. The molecule has 0 saturated heterocycles. The van der Waals surface area contributed by atoms with Crippen LogP contribution in [0.1, 0.15) is 24.4 Å². The summed E-state index contributed by atoms with van der Waals surface area (Å²) >= 11 is 6.04. The molecule has 1 aliphatic heterocycles. The van der Waals surface area contributed by atoms with Crippen LogP contribution in [0.4, 0.5) is 0 Å². The van der Waals surface area contributed by atoms with E-state index in [9.17, 15) is 0 Å². The van der Waals surface area contributed by atoms with Crippen molar-refractivity contribution in [1.82, 2.24) is 14.9 Å². The molecule has 0 amide bonds. The first-order valence-electron chi connectivity index (χ1n) is 4.71. The van der Waals surface area contributed by atoms with Crippen molar-refractivity contribution in [3.05, 3.63) is 16.7 Å². The summed E-state index contributed by atoms with van der Waals surface area (Å²) in [4.78, 5) is 4.36. The van der Waals surface area contributed by atoms with Crippen LogP contribution in [0, 0.1) is 0 Å². The van der Waals surface area contributed by atoms with Gasteiger partial charge in [-0.1, -0.05) is 11.6 Å². The average molecular weight is 200 g/mol. The van der Waals surface area contributed by atoms with Gasteiger partial charge >= 0.3 is 0 Å². The van der Waals surface area contributed by atoms with Crippen LogP contribution in [0.15, 0.2) is 0 Å². The molecule has 0 unspecified atom stereocenters. The molecule has 1 N–H and O–H groups in total. The molecule has 0 aromatic carbocycles. The van der Waals surface area contributed by atoms with Crippen LogP contribution in [0.5, 0.6) is 0 Å². The van der Waals surface area contributed by atoms with Gasteiger partial charge in [-0.15, -0.1) is 0 Å². The third-order valence-electron chi connectivity index (χ3n) is 2.48. The van der Waals surface area contributed by atoms with Gasteiger partial charge in [0, 0.05) is 19.5 Å². The summed E-state index contributed by atoms with van der Waals surface area (Å²) in [6.07, 6.45) is 3.56. The van der Waals surface area contributed by atoms with Crippen molar-refractivity contribution in [2.45, 2.75) is 32.4 Å². The van der Waals surface area contributed by atoms with Gasteiger partial charge in [0.25, 0.3) is 0 Å². The van der Waals surface area contributed by atoms with Crippen LogP contribution < -0.4 is 5.32 Å². The summed E-state index contributed by atoms with van der Waals surface area (Å²) in [7, 11) is 1.93. The Kier molecular flexibility index (Phi) is 2.56. The van der Waals surface area contributed by atoms with E-state index in [-0.39, 0.29) is 0 Å². The van der Waals surface area contributed by atoms with Crippen molar-refractivity contribution < 1.29 is 0 Å². The van der Waals surface area contributed by atoms with Crippen molar-refractivity contribution in [2.75, 3.05) is 7.05 Å². The van der Waals surface area contributed by atoms with E-state index < -0.39 is 0 Å². The molecule has 1 aromatic rings. The monoisotopic (exact) mass is 199 g/mol. The number of hydrogen-bond acceptors (Lipinski definition) is 2. The number of nitrogens with one attached hydrogen (secondary N) is 1. The second kappa shape index (κ2) is 3.68. The number of halogens is 1. The van der Waals surface area contributed by atoms with E-state index in [1.807, 2.05) is 7.05 Å². The Morgan fingerprint density at radius 3 is 3.15 bits per heavy atom. The lowest BCUT2D eigenvalue weighted by molar-refractivity contribution is 0.503. The maximum atomic E-state index is 6.04. The highest BCUT2D eigenvalue weighted by Gasteiger charge is 2.17. The minimum Gasteiger partial charge on any atom is -0.330 e. The van der Waals surface area contributed by atoms with Gasteiger partial charge in [-0.25, -0.2) is 4.98 Å². The predicted molar refractivity (Wildman–Crippen MR) is 52.9 cm³/mol. The van der Waals surface area contributed by atoms with Gasteiger partial charge in [0.1, 0.15) is 5.82 Å². The predicted octanol–water partition coefficient (Wildman–Crippen LogP) is 1.59. The van der Waals surface area contributed by atoms with Gasteiger partial charge in [-0.05, 0) is 19.9 Å². The van der Waals surface area contributed by atoms with E-state index in [1.54, 1.807) is 0 Å². The van der Waals surface area contributed by atoms with E-state index in [4.69, 9.17) is 11.6 Å². The summed E-state index contributed by atoms with van der Waals surface area (Å²) in [6.45, 7) is 1.89. The highest BCUT2D eigenvalue weighted by atomic mass is 35.5. The Bertz CT molecular complexity index is 306. The fourth-order valence-corrected chi connectivity index (χ4v) is 2.12. The highest BCUT2D eigenvalue weighted by Crippen LogP contribution is 2.22. The van der Waals surface area contributed by atoms with Crippen LogP contribution in [0.3, 0.4) is 0 Å². The molecule has 0 aliphatic carbocycles. The lowest BCUT2D eigenvalue weighted by Crippen LogP contribution is -2.16. The molecule has 0 fully saturated rings. The molecular weight excluding hydrogens is 186 g/mol. The Hall–Kier alpha value is -0.540. The van der Waals surface area contributed by atoms with Gasteiger partial charge < -0.3 is 9.88 Å². The number of fused-ring (bicyclic) bond motifs is 1. The minimum absolute atomic E-state index is 0.672. The number of rotatable bonds is 2. The van der Waals surface area contributed by atoms with Crippen LogP contribution in [-0.4, -0.2) is 16.6 Å². The molecule has 13 heavy (non-hydrogen) atoms. The molecular formula is C9H14ClN3. The first kappa shape index (κ1) is 9.03. The van der Waals surface area contributed by atoms with Gasteiger partial charge in [-0.3, -0.25) is 0 Å². The number of imidazole rings is 1. The van der Waals surface area contributed by atoms with Gasteiger partial charge in [0.2, 0.25) is 0 Å². The molecule has 2 heterocycles. The van der Waals surface area contributed by atoms with Crippen LogP contribution >= 0.6 is 11.6 Å². The zero-order chi connectivity index (χ0) is 9.26. The summed E-state index contributed by atoms with van der Waals surface area (Å²) in [5, 5.41) is 3.79. The summed E-state index contributed by atoms with van der Waals surface area (Å²) < 4.78 is 2.25. The molecule has 0 radical (unpaired) electrons. The average Bonchev–Trinajstić information content (AvgIpc) is 2.44. The van der Waals surface area contributed by atoms with Crippen molar-refractivity contribution in [2.24, 2.45) is 0 Å². The first-order chi connectivity index (χ1) is 6.33. The summed E-state index contributed by atoms with van der Waals surface area (Å²) in [5.41, 5.74) is 1.14. The Morgan fingerprint density at radius 1 is 1.54 bits per heavy atom. The molecule has 2 rings (SSSR count). The van der Waals surface area contributed by atoms with Crippen molar-refractivity contribution >= 4 is 11.6 Å². The SMILES string of the molecule is CNCc1c(Cl)nc2n1CCCC2. The molecule has 0 saturated carbocycles. The smallest absolute Gasteiger partial charge is 0.151 e. The molecule has 0 atom stereocenters. The van der Waals surface area contributed by atoms with Crippen LogP contribution in [0.2, 0.25) is 5.15 Å². The fourth-order valence-electron chi connectivity index (χ4n) is 1.85. The van der Waals surface area contributed by atoms with Crippen molar-refractivity contribution in [3.8, 4) is 0 Å². The third-order valence-corrected chi connectivity index (χ3v) is 2.78. The Labute approximate surface area is 83.1 Å². The zero-order valence-corrected chi connectivity index (χ0v) is 8.56. The lowest BCUT2D eigenvalue weighted by atomic mass is 10.1. The molecule has 1 aliphatic rings. The van der Waals surface area contributed by atoms with Crippen molar-refractivity contribution in [3.63, 3.8) is 0 Å². The topological polar surface area (TPSA) is 29.9 Å².